The fraction of sp³-hybridized carbons (Fsp3) is 0.395. The average Bonchev–Trinajstić information content (AvgIpc) is 3.77. The van der Waals surface area contributed by atoms with Gasteiger partial charge >= 0.3 is 0 Å². The van der Waals surface area contributed by atoms with Gasteiger partial charge in [0.15, 0.2) is 0 Å². The lowest BCUT2D eigenvalue weighted by Gasteiger charge is -2.35. The third-order valence-electron chi connectivity index (χ3n) is 9.70. The van der Waals surface area contributed by atoms with Gasteiger partial charge in [0, 0.05) is 71.9 Å². The monoisotopic (exact) mass is 745 g/mol. The minimum atomic E-state index is -0.621. The molecule has 4 N–H and O–H groups in total. The number of carbonyl (C=O) groups is 2. The van der Waals surface area contributed by atoms with Crippen LogP contribution in [0.4, 0.5) is 10.2 Å². The Labute approximate surface area is 322 Å². The minimum Gasteiger partial charge on any atom is -0.358 e. The summed E-state index contributed by atoms with van der Waals surface area (Å²) in [6.45, 7) is 19.8. The number of rotatable bonds is 5. The normalized spacial score (nSPS) is 13.8. The Kier molecular flexibility index (Phi) is 11.4. The molecule has 0 aliphatic carbocycles. The third kappa shape index (κ3) is 8.85. The highest BCUT2D eigenvalue weighted by Gasteiger charge is 2.24. The lowest BCUT2D eigenvalue weighted by molar-refractivity contribution is 0.0937. The van der Waals surface area contributed by atoms with Gasteiger partial charge in [0.25, 0.3) is 11.8 Å². The number of benzene rings is 2. The predicted molar refractivity (Wildman–Crippen MR) is 218 cm³/mol. The minimum absolute atomic E-state index is 0.0179. The number of aromatic amines is 2. The molecule has 2 aliphatic heterocycles. The maximum atomic E-state index is 13.4. The summed E-state index contributed by atoms with van der Waals surface area (Å²) in [6, 6.07) is 15.1. The first-order chi connectivity index (χ1) is 26.2. The summed E-state index contributed by atoms with van der Waals surface area (Å²) in [5.41, 5.74) is 9.91. The number of carbonyl (C=O) groups excluding carboxylic acids is 2. The summed E-state index contributed by atoms with van der Waals surface area (Å²) < 4.78 is 13.4. The van der Waals surface area contributed by atoms with Crippen molar-refractivity contribution in [3.05, 3.63) is 89.4 Å². The van der Waals surface area contributed by atoms with Crippen LogP contribution >= 0.6 is 0 Å². The largest absolute Gasteiger partial charge is 0.358 e. The molecule has 0 saturated heterocycles. The fourth-order valence-electron chi connectivity index (χ4n) is 7.21. The number of aromatic nitrogens is 6. The topological polar surface area (TPSA) is 145 Å². The van der Waals surface area contributed by atoms with Crippen molar-refractivity contribution < 1.29 is 14.0 Å². The van der Waals surface area contributed by atoms with Crippen LogP contribution in [-0.4, -0.2) is 66.9 Å². The highest BCUT2D eigenvalue weighted by molar-refractivity contribution is 6.00. The van der Waals surface area contributed by atoms with Gasteiger partial charge in [-0.25, -0.2) is 15.0 Å². The Morgan fingerprint density at radius 3 is 1.65 bits per heavy atom. The molecule has 0 spiro atoms. The number of halogens is 1. The summed E-state index contributed by atoms with van der Waals surface area (Å²) in [5, 5.41) is 5.70. The van der Waals surface area contributed by atoms with Gasteiger partial charge in [-0.3, -0.25) is 14.6 Å². The quantitative estimate of drug-likeness (QED) is 0.139. The van der Waals surface area contributed by atoms with Gasteiger partial charge < -0.3 is 25.5 Å². The van der Waals surface area contributed by atoms with Crippen LogP contribution < -0.4 is 15.5 Å². The zero-order valence-electron chi connectivity index (χ0n) is 33.2. The molecule has 55 heavy (non-hydrogen) atoms. The number of nitrogens with one attached hydrogen (secondary N) is 4. The molecule has 0 fully saturated rings. The smallest absolute Gasteiger partial charge is 0.253 e. The van der Waals surface area contributed by atoms with Crippen molar-refractivity contribution in [2.45, 2.75) is 86.6 Å². The molecule has 8 rings (SSSR count). The molecule has 4 aromatic heterocycles. The van der Waals surface area contributed by atoms with Gasteiger partial charge in [-0.1, -0.05) is 58.4 Å². The summed E-state index contributed by atoms with van der Waals surface area (Å²) in [5.74, 6) is 0.134. The molecular formula is C43H52FN9O2. The highest BCUT2D eigenvalue weighted by atomic mass is 19.1. The lowest BCUT2D eigenvalue weighted by atomic mass is 9.91. The molecule has 0 saturated carbocycles. The first kappa shape index (κ1) is 39.1. The molecule has 0 unspecified atom stereocenters. The van der Waals surface area contributed by atoms with E-state index in [9.17, 15) is 14.0 Å². The van der Waals surface area contributed by atoms with E-state index < -0.39 is 5.95 Å². The van der Waals surface area contributed by atoms with Crippen molar-refractivity contribution in [1.29, 1.82) is 0 Å². The van der Waals surface area contributed by atoms with Crippen LogP contribution in [0.3, 0.4) is 0 Å². The second-order valence-electron chi connectivity index (χ2n) is 16.2. The van der Waals surface area contributed by atoms with Crippen LogP contribution in [0.5, 0.6) is 0 Å². The van der Waals surface area contributed by atoms with Gasteiger partial charge in [0.2, 0.25) is 5.95 Å². The molecule has 2 aromatic carbocycles. The summed E-state index contributed by atoms with van der Waals surface area (Å²) in [6.07, 6.45) is 7.16. The second kappa shape index (κ2) is 16.0. The number of H-pyrrole nitrogens is 2. The Balaban J connectivity index is 0.000000163. The van der Waals surface area contributed by atoms with E-state index in [1.165, 1.54) is 12.8 Å². The van der Waals surface area contributed by atoms with E-state index in [4.69, 9.17) is 4.98 Å². The maximum Gasteiger partial charge on any atom is 0.253 e. The number of amides is 2. The molecule has 0 atom stereocenters. The second-order valence-corrected chi connectivity index (χ2v) is 16.2. The molecule has 12 heteroatoms. The zero-order chi connectivity index (χ0) is 39.5. The van der Waals surface area contributed by atoms with Crippen molar-refractivity contribution >= 4 is 39.7 Å². The standard InChI is InChI=1S/C21H25N5O.C15H11FN4O.C7H16/c1-5-26(21(2,3)4)18-12-23-16-8-6-7-13(19(16)25-18)17-11-14-15(24-17)9-10-22-20(14)27;16-13-7-18-11-3-1-2-8(14(11)20-13)12-6-9-10(19-12)4-5-17-15(9)21;1-5-6-7(2,3)4/h6-8,11-12,24H,5,9-10H2,1-4H3,(H,22,27);1-3,6-7,19H,4-5H2,(H,17,21);5-6H2,1-4H3. The van der Waals surface area contributed by atoms with Crippen LogP contribution in [-0.2, 0) is 12.8 Å². The molecule has 6 heterocycles. The van der Waals surface area contributed by atoms with E-state index in [-0.39, 0.29) is 17.4 Å². The van der Waals surface area contributed by atoms with Crippen molar-refractivity contribution in [2.75, 3.05) is 24.5 Å². The van der Waals surface area contributed by atoms with E-state index in [2.05, 4.69) is 95.8 Å². The van der Waals surface area contributed by atoms with Gasteiger partial charge in [-0.15, -0.1) is 0 Å². The Bertz CT molecular complexity index is 2330. The van der Waals surface area contributed by atoms with Gasteiger partial charge in [-0.2, -0.15) is 4.39 Å². The number of anilines is 1. The highest BCUT2D eigenvalue weighted by Crippen LogP contribution is 2.32. The first-order valence-corrected chi connectivity index (χ1v) is 19.1. The van der Waals surface area contributed by atoms with Crippen LogP contribution in [0.25, 0.3) is 44.6 Å². The molecule has 0 bridgehead atoms. The molecule has 11 nitrogen and oxygen atoms in total. The molecule has 2 amide bonds. The Morgan fingerprint density at radius 1 is 0.709 bits per heavy atom. The number of nitrogens with zero attached hydrogens (tertiary/aromatic N) is 5. The predicted octanol–water partition coefficient (Wildman–Crippen LogP) is 8.42. The molecule has 0 radical (unpaired) electrons. The lowest BCUT2D eigenvalue weighted by Crippen LogP contribution is -2.41. The van der Waals surface area contributed by atoms with Crippen molar-refractivity contribution in [3.8, 4) is 22.5 Å². The third-order valence-corrected chi connectivity index (χ3v) is 9.70. The zero-order valence-corrected chi connectivity index (χ0v) is 33.2. The molecule has 288 valence electrons. The van der Waals surface area contributed by atoms with Gasteiger partial charge in [0.1, 0.15) is 16.9 Å². The number of hydrogen-bond donors (Lipinski definition) is 4. The van der Waals surface area contributed by atoms with E-state index in [0.717, 1.165) is 81.9 Å². The van der Waals surface area contributed by atoms with Crippen LogP contribution in [0, 0.1) is 11.4 Å². The van der Waals surface area contributed by atoms with Crippen LogP contribution in [0.15, 0.2) is 60.9 Å². The fourth-order valence-corrected chi connectivity index (χ4v) is 7.21. The van der Waals surface area contributed by atoms with Crippen molar-refractivity contribution in [2.24, 2.45) is 5.41 Å². The SMILES string of the molecule is CCCC(C)(C)C.CCN(c1cnc2cccc(-c3cc4c([nH]3)CCNC4=O)c2n1)C(C)(C)C.O=C1NCCc2[nH]c(-c3cccc4ncc(F)nc34)cc21. The van der Waals surface area contributed by atoms with E-state index in [0.29, 0.717) is 35.1 Å². The maximum absolute atomic E-state index is 13.4. The Hall–Kier alpha value is -5.65. The van der Waals surface area contributed by atoms with E-state index in [1.54, 1.807) is 12.1 Å². The first-order valence-electron chi connectivity index (χ1n) is 19.1. The van der Waals surface area contributed by atoms with Crippen molar-refractivity contribution in [1.82, 2.24) is 40.5 Å². The number of para-hydroxylation sites is 2. The molecule has 2 aliphatic rings. The number of fused-ring (bicyclic) bond motifs is 4. The Morgan fingerprint density at radius 2 is 1.22 bits per heavy atom. The van der Waals surface area contributed by atoms with Gasteiger partial charge in [0.05, 0.1) is 34.6 Å². The average molecular weight is 746 g/mol. The molecular weight excluding hydrogens is 694 g/mol. The summed E-state index contributed by atoms with van der Waals surface area (Å²) >= 11 is 0. The van der Waals surface area contributed by atoms with E-state index in [1.807, 2.05) is 42.6 Å². The van der Waals surface area contributed by atoms with Crippen molar-refractivity contribution in [3.63, 3.8) is 0 Å². The number of hydrogen-bond acceptors (Lipinski definition) is 7. The summed E-state index contributed by atoms with van der Waals surface area (Å²) in [4.78, 5) is 50.4. The van der Waals surface area contributed by atoms with Crippen LogP contribution in [0.2, 0.25) is 0 Å². The van der Waals surface area contributed by atoms with E-state index >= 15 is 0 Å². The van der Waals surface area contributed by atoms with Gasteiger partial charge in [-0.05, 0) is 63.8 Å². The molecule has 6 aromatic rings. The van der Waals surface area contributed by atoms with Crippen LogP contribution in [0.1, 0.15) is 100 Å². The summed E-state index contributed by atoms with van der Waals surface area (Å²) in [7, 11) is 0.